The minimum Gasteiger partial charge on any atom is -0.395 e. The van der Waals surface area contributed by atoms with Crippen molar-refractivity contribution in [3.8, 4) is 0 Å². The minimum atomic E-state index is -0.711. The van der Waals surface area contributed by atoms with Crippen molar-refractivity contribution in [1.29, 1.82) is 0 Å². The average molecular weight is 322 g/mol. The Balaban J connectivity index is 2.06. The summed E-state index contributed by atoms with van der Waals surface area (Å²) in [7, 11) is 0. The lowest BCUT2D eigenvalue weighted by Gasteiger charge is -2.14. The van der Waals surface area contributed by atoms with Crippen molar-refractivity contribution in [1.82, 2.24) is 5.32 Å². The number of aliphatic hydroxyl groups is 1. The van der Waals surface area contributed by atoms with Crippen LogP contribution >= 0.6 is 11.8 Å². The van der Waals surface area contributed by atoms with E-state index in [0.29, 0.717) is 5.69 Å². The molecule has 1 unspecified atom stereocenters. The molecule has 0 saturated carbocycles. The molecule has 22 heavy (non-hydrogen) atoms. The van der Waals surface area contributed by atoms with E-state index in [-0.39, 0.29) is 36.6 Å². The van der Waals surface area contributed by atoms with Crippen LogP contribution in [0.15, 0.2) is 24.3 Å². The molecule has 1 aromatic carbocycles. The molecule has 0 aromatic heterocycles. The molecule has 1 heterocycles. The summed E-state index contributed by atoms with van der Waals surface area (Å²) in [6, 6.07) is 7.23. The molecule has 1 aliphatic rings. The first kappa shape index (κ1) is 16.5. The van der Waals surface area contributed by atoms with Gasteiger partial charge in [-0.3, -0.25) is 14.4 Å². The number of nitrogens with one attached hydrogen (secondary N) is 1. The van der Waals surface area contributed by atoms with Crippen LogP contribution in [0.5, 0.6) is 0 Å². The number of rotatable bonds is 6. The van der Waals surface area contributed by atoms with E-state index in [0.717, 1.165) is 28.6 Å². The Morgan fingerprint density at radius 1 is 1.32 bits per heavy atom. The van der Waals surface area contributed by atoms with Crippen molar-refractivity contribution < 1.29 is 19.5 Å². The lowest BCUT2D eigenvalue weighted by Crippen LogP contribution is -2.35. The summed E-state index contributed by atoms with van der Waals surface area (Å²) in [6.07, 6.45) is 0.809. The molecule has 1 atom stereocenters. The SMILES string of the molecule is CCc1ccc(N2C(=O)SC(CC(=O)NCCO)C2=O)cc1. The molecule has 0 bridgehead atoms. The highest BCUT2D eigenvalue weighted by atomic mass is 32.2. The molecule has 7 heteroatoms. The zero-order valence-electron chi connectivity index (χ0n) is 12.2. The molecule has 0 radical (unpaired) electrons. The van der Waals surface area contributed by atoms with Gasteiger partial charge in [0.1, 0.15) is 5.25 Å². The van der Waals surface area contributed by atoms with Gasteiger partial charge < -0.3 is 10.4 Å². The van der Waals surface area contributed by atoms with Crippen LogP contribution in [0.1, 0.15) is 18.9 Å². The molecule has 6 nitrogen and oxygen atoms in total. The molecule has 118 valence electrons. The van der Waals surface area contributed by atoms with Crippen LogP contribution in [0.3, 0.4) is 0 Å². The van der Waals surface area contributed by atoms with Gasteiger partial charge in [-0.2, -0.15) is 0 Å². The van der Waals surface area contributed by atoms with E-state index in [4.69, 9.17) is 5.11 Å². The van der Waals surface area contributed by atoms with Gasteiger partial charge in [0.15, 0.2) is 0 Å². The third-order valence-corrected chi connectivity index (χ3v) is 4.37. The first-order chi connectivity index (χ1) is 10.6. The summed E-state index contributed by atoms with van der Waals surface area (Å²) in [5, 5.41) is 10.1. The number of imide groups is 1. The largest absolute Gasteiger partial charge is 0.395 e. The molecule has 2 N–H and O–H groups in total. The van der Waals surface area contributed by atoms with Gasteiger partial charge in [-0.25, -0.2) is 4.90 Å². The van der Waals surface area contributed by atoms with Gasteiger partial charge in [0, 0.05) is 13.0 Å². The standard InChI is InChI=1S/C15H18N2O4S/c1-2-10-3-5-11(6-4-10)17-14(20)12(22-15(17)21)9-13(19)16-7-8-18/h3-6,12,18H,2,7-9H2,1H3,(H,16,19). The van der Waals surface area contributed by atoms with Gasteiger partial charge in [0.25, 0.3) is 5.24 Å². The van der Waals surface area contributed by atoms with Crippen molar-refractivity contribution in [2.75, 3.05) is 18.1 Å². The maximum absolute atomic E-state index is 12.3. The third kappa shape index (κ3) is 3.66. The van der Waals surface area contributed by atoms with Gasteiger partial charge in [0.05, 0.1) is 12.3 Å². The second-order valence-corrected chi connectivity index (χ2v) is 6.00. The molecule has 1 aromatic rings. The van der Waals surface area contributed by atoms with E-state index in [9.17, 15) is 14.4 Å². The van der Waals surface area contributed by atoms with Crippen LogP contribution in [-0.4, -0.2) is 40.6 Å². The first-order valence-corrected chi connectivity index (χ1v) is 7.95. The smallest absolute Gasteiger partial charge is 0.293 e. The van der Waals surface area contributed by atoms with Crippen LogP contribution in [0.2, 0.25) is 0 Å². The van der Waals surface area contributed by atoms with E-state index in [1.165, 1.54) is 0 Å². The molecule has 2 rings (SSSR count). The van der Waals surface area contributed by atoms with Crippen molar-refractivity contribution in [3.63, 3.8) is 0 Å². The second-order valence-electron chi connectivity index (χ2n) is 4.84. The summed E-state index contributed by atoms with van der Waals surface area (Å²) >= 11 is 0.862. The highest BCUT2D eigenvalue weighted by Crippen LogP contribution is 2.33. The molecule has 1 fully saturated rings. The molecule has 0 spiro atoms. The quantitative estimate of drug-likeness (QED) is 0.825. The van der Waals surface area contributed by atoms with Crippen LogP contribution < -0.4 is 10.2 Å². The van der Waals surface area contributed by atoms with Crippen LogP contribution in [0.4, 0.5) is 10.5 Å². The van der Waals surface area contributed by atoms with E-state index in [2.05, 4.69) is 5.32 Å². The molecule has 3 amide bonds. The summed E-state index contributed by atoms with van der Waals surface area (Å²) in [6.45, 7) is 2.00. The van der Waals surface area contributed by atoms with Crippen molar-refractivity contribution in [2.45, 2.75) is 25.0 Å². The summed E-state index contributed by atoms with van der Waals surface area (Å²) < 4.78 is 0. The number of hydrogen-bond acceptors (Lipinski definition) is 5. The fourth-order valence-corrected chi connectivity index (χ4v) is 3.12. The van der Waals surface area contributed by atoms with E-state index in [1.54, 1.807) is 12.1 Å². The zero-order chi connectivity index (χ0) is 16.1. The normalized spacial score (nSPS) is 17.9. The van der Waals surface area contributed by atoms with Crippen molar-refractivity contribution >= 4 is 34.5 Å². The molecular formula is C15H18N2O4S. The zero-order valence-corrected chi connectivity index (χ0v) is 13.1. The van der Waals surface area contributed by atoms with Crippen LogP contribution in [0, 0.1) is 0 Å². The topological polar surface area (TPSA) is 86.7 Å². The lowest BCUT2D eigenvalue weighted by molar-refractivity contribution is -0.124. The fraction of sp³-hybridized carbons (Fsp3) is 0.400. The van der Waals surface area contributed by atoms with E-state index >= 15 is 0 Å². The Hall–Kier alpha value is -1.86. The molecule has 0 aliphatic carbocycles. The molecule has 1 aliphatic heterocycles. The number of benzene rings is 1. The second kappa shape index (κ2) is 7.42. The van der Waals surface area contributed by atoms with Crippen LogP contribution in [0.25, 0.3) is 0 Å². The Morgan fingerprint density at radius 2 is 2.00 bits per heavy atom. The highest BCUT2D eigenvalue weighted by molar-refractivity contribution is 8.15. The Morgan fingerprint density at radius 3 is 2.59 bits per heavy atom. The minimum absolute atomic E-state index is 0.0707. The van der Waals surface area contributed by atoms with E-state index < -0.39 is 5.25 Å². The van der Waals surface area contributed by atoms with Gasteiger partial charge in [-0.05, 0) is 35.9 Å². The average Bonchev–Trinajstić information content (AvgIpc) is 2.79. The lowest BCUT2D eigenvalue weighted by atomic mass is 10.1. The number of carbonyl (C=O) groups is 3. The Labute approximate surface area is 132 Å². The highest BCUT2D eigenvalue weighted by Gasteiger charge is 2.41. The summed E-state index contributed by atoms with van der Waals surface area (Å²) in [4.78, 5) is 37.1. The molecule has 1 saturated heterocycles. The van der Waals surface area contributed by atoms with Gasteiger partial charge >= 0.3 is 0 Å². The van der Waals surface area contributed by atoms with Crippen molar-refractivity contribution in [3.05, 3.63) is 29.8 Å². The number of carbonyl (C=O) groups excluding carboxylic acids is 3. The number of amides is 3. The third-order valence-electron chi connectivity index (χ3n) is 3.33. The number of thioether (sulfide) groups is 1. The number of hydrogen-bond donors (Lipinski definition) is 2. The van der Waals surface area contributed by atoms with Crippen LogP contribution in [-0.2, 0) is 16.0 Å². The number of nitrogens with zero attached hydrogens (tertiary/aromatic N) is 1. The maximum Gasteiger partial charge on any atom is 0.293 e. The monoisotopic (exact) mass is 322 g/mol. The van der Waals surface area contributed by atoms with Gasteiger partial charge in [-0.15, -0.1) is 0 Å². The van der Waals surface area contributed by atoms with Crippen molar-refractivity contribution in [2.24, 2.45) is 0 Å². The first-order valence-electron chi connectivity index (χ1n) is 7.08. The van der Waals surface area contributed by atoms with Gasteiger partial charge in [-0.1, -0.05) is 19.1 Å². The fourth-order valence-electron chi connectivity index (χ4n) is 2.14. The maximum atomic E-state index is 12.3. The van der Waals surface area contributed by atoms with Gasteiger partial charge in [0.2, 0.25) is 11.8 Å². The van der Waals surface area contributed by atoms with E-state index in [1.807, 2.05) is 19.1 Å². The molecular weight excluding hydrogens is 304 g/mol. The summed E-state index contributed by atoms with van der Waals surface area (Å²) in [5.41, 5.74) is 1.65. The summed E-state index contributed by atoms with van der Waals surface area (Å²) in [5.74, 6) is -0.728. The Kier molecular flexibility index (Phi) is 5.57. The number of aryl methyl sites for hydroxylation is 1. The predicted octanol–water partition coefficient (Wildman–Crippen LogP) is 1.32. The number of anilines is 1. The predicted molar refractivity (Wildman–Crippen MR) is 84.8 cm³/mol. The number of aliphatic hydroxyl groups excluding tert-OH is 1. The Bertz CT molecular complexity index is 573.